The number of nitrogens with zero attached hydrogens (tertiary/aromatic N) is 5. The molecule has 1 aliphatic rings. The first-order chi connectivity index (χ1) is 27.8. The molecule has 0 saturated heterocycles. The van der Waals surface area contributed by atoms with Gasteiger partial charge in [0.25, 0.3) is 0 Å². The van der Waals surface area contributed by atoms with Gasteiger partial charge in [-0.25, -0.2) is 4.98 Å². The second-order valence-corrected chi connectivity index (χ2v) is 17.9. The number of aliphatic imine (C=N–C) groups is 2. The molecular weight excluding hydrogens is 805 g/mol. The number of benzene rings is 7. The van der Waals surface area contributed by atoms with Crippen molar-refractivity contribution in [2.45, 2.75) is 6.17 Å². The first-order valence-corrected chi connectivity index (χ1v) is 20.9. The molecule has 0 atom stereocenters. The number of hydrogen-bond donors (Lipinski definition) is 0. The Labute approximate surface area is 345 Å². The fourth-order valence-electron chi connectivity index (χ4n) is 8.87. The average Bonchev–Trinajstić information content (AvgIpc) is 4.01. The molecule has 10 aromatic rings. The van der Waals surface area contributed by atoms with Crippen LogP contribution in [0.1, 0.15) is 11.7 Å². The van der Waals surface area contributed by atoms with Crippen LogP contribution < -0.4 is 20.7 Å². The summed E-state index contributed by atoms with van der Waals surface area (Å²) in [7, 11) is -3.06. The van der Waals surface area contributed by atoms with Crippen molar-refractivity contribution >= 4 is 84.9 Å². The Morgan fingerprint density at radius 1 is 0.491 bits per heavy atom. The quantitative estimate of drug-likeness (QED) is 0.0905. The third-order valence-corrected chi connectivity index (χ3v) is 15.8. The van der Waals surface area contributed by atoms with E-state index in [-0.39, 0.29) is 26.6 Å². The summed E-state index contributed by atoms with van der Waals surface area (Å²) in [5, 5.41) is 9.44. The summed E-state index contributed by atoms with van der Waals surface area (Å²) >= 11 is 0. The molecule has 272 valence electrons. The van der Waals surface area contributed by atoms with Crippen LogP contribution in [-0.2, 0) is 20.4 Å². The van der Waals surface area contributed by atoms with Crippen LogP contribution in [0, 0.1) is 12.1 Å². The molecule has 0 bridgehead atoms. The largest absolute Gasteiger partial charge is 2.00 e. The van der Waals surface area contributed by atoms with Gasteiger partial charge in [0, 0.05) is 35.1 Å². The molecule has 4 heterocycles. The third-order valence-electron chi connectivity index (χ3n) is 11.2. The Bertz CT molecular complexity index is 3090. The summed E-state index contributed by atoms with van der Waals surface area (Å²) in [5.41, 5.74) is 6.50. The van der Waals surface area contributed by atoms with Gasteiger partial charge >= 0.3 is 20.4 Å². The van der Waals surface area contributed by atoms with Crippen molar-refractivity contribution in [1.29, 1.82) is 0 Å². The van der Waals surface area contributed by atoms with E-state index in [9.17, 15) is 0 Å². The monoisotopic (exact) mass is 837 g/mol. The minimum Gasteiger partial charge on any atom is -0.318 e. The third kappa shape index (κ3) is 5.43. The first kappa shape index (κ1) is 35.0. The standard InChI is InChI=1S/C50H33N5Si.Pd/c1-4-16-36(17-5-1)54-44-24-11-10-23-43(44)48-45(54)29-28-42-41-27-26-40(34-46(41)55(49(42)48)47-25-12-13-30-51-47)56(37-18-6-2-7-19-37,38-20-8-3-9-21-38)39-22-14-15-35(33-39)50-52-31-32-53-50;/h1-32,50H;/q-2;+2. The van der Waals surface area contributed by atoms with Crippen molar-refractivity contribution in [2.75, 3.05) is 0 Å². The number of pyridine rings is 1. The fraction of sp³-hybridized carbons (Fsp3) is 0.0200. The number of para-hydroxylation sites is 2. The molecular formula is C50H33N5PdSi. The van der Waals surface area contributed by atoms with E-state index in [1.54, 1.807) is 12.4 Å². The van der Waals surface area contributed by atoms with Crippen LogP contribution in [0.15, 0.2) is 192 Å². The maximum Gasteiger partial charge on any atom is 2.00 e. The van der Waals surface area contributed by atoms with E-state index in [0.29, 0.717) is 0 Å². The zero-order chi connectivity index (χ0) is 37.1. The second-order valence-electron chi connectivity index (χ2n) is 14.2. The molecule has 0 unspecified atom stereocenters. The van der Waals surface area contributed by atoms with Crippen molar-refractivity contribution in [3.05, 3.63) is 200 Å². The minimum atomic E-state index is -3.06. The molecule has 1 aliphatic heterocycles. The van der Waals surface area contributed by atoms with Crippen LogP contribution >= 0.6 is 0 Å². The average molecular weight is 838 g/mol. The molecule has 0 fully saturated rings. The molecule has 7 aromatic carbocycles. The zero-order valence-corrected chi connectivity index (χ0v) is 33.2. The van der Waals surface area contributed by atoms with Crippen molar-refractivity contribution in [2.24, 2.45) is 9.98 Å². The minimum absolute atomic E-state index is 0. The molecule has 3 aromatic heterocycles. The Morgan fingerprint density at radius 3 is 1.86 bits per heavy atom. The second kappa shape index (κ2) is 14.2. The SMILES string of the molecule is [Pd+2].[c-]1c(C2N=CC=N2)cccc1[Si](c1[c-]c2c(cc1)c1ccc3c(c4ccccc4n3-c3ccccc3)c1n2-c1ccccn1)(c1ccccc1)c1ccccc1. The molecule has 5 nitrogen and oxygen atoms in total. The first-order valence-electron chi connectivity index (χ1n) is 18.9. The summed E-state index contributed by atoms with van der Waals surface area (Å²) in [4.78, 5) is 14.3. The van der Waals surface area contributed by atoms with Gasteiger partial charge in [-0.3, -0.25) is 9.98 Å². The number of aromatic nitrogens is 3. The maximum atomic E-state index is 5.01. The van der Waals surface area contributed by atoms with Gasteiger partial charge in [-0.05, 0) is 52.2 Å². The van der Waals surface area contributed by atoms with Gasteiger partial charge in [0.05, 0.1) is 16.6 Å². The topological polar surface area (TPSA) is 47.5 Å². The Hall–Kier alpha value is -6.49. The van der Waals surface area contributed by atoms with Gasteiger partial charge in [-0.2, -0.15) is 52.8 Å². The Morgan fingerprint density at radius 2 is 1.14 bits per heavy atom. The molecule has 0 radical (unpaired) electrons. The van der Waals surface area contributed by atoms with Crippen LogP contribution in [0.3, 0.4) is 0 Å². The molecule has 0 aliphatic carbocycles. The van der Waals surface area contributed by atoms with Crippen LogP contribution in [0.5, 0.6) is 0 Å². The Kier molecular flexibility index (Phi) is 8.72. The number of hydrogen-bond acceptors (Lipinski definition) is 3. The van der Waals surface area contributed by atoms with E-state index in [4.69, 9.17) is 4.98 Å². The Balaban J connectivity index is 0.00000396. The van der Waals surface area contributed by atoms with Gasteiger partial charge in [-0.1, -0.05) is 115 Å². The molecule has 0 saturated carbocycles. The van der Waals surface area contributed by atoms with E-state index in [2.05, 4.69) is 201 Å². The van der Waals surface area contributed by atoms with Crippen molar-refractivity contribution < 1.29 is 20.4 Å². The van der Waals surface area contributed by atoms with Gasteiger partial charge in [0.2, 0.25) is 0 Å². The summed E-state index contributed by atoms with van der Waals surface area (Å²) in [5.74, 6) is 0.849. The predicted octanol–water partition coefficient (Wildman–Crippen LogP) is 8.40. The van der Waals surface area contributed by atoms with Crippen LogP contribution in [0.2, 0.25) is 0 Å². The maximum absolute atomic E-state index is 5.01. The van der Waals surface area contributed by atoms with E-state index in [1.807, 2.05) is 12.3 Å². The smallest absolute Gasteiger partial charge is 0.318 e. The molecule has 57 heavy (non-hydrogen) atoms. The molecule has 7 heteroatoms. The van der Waals surface area contributed by atoms with Crippen LogP contribution in [-0.4, -0.2) is 34.6 Å². The van der Waals surface area contributed by atoms with Crippen LogP contribution in [0.25, 0.3) is 55.1 Å². The van der Waals surface area contributed by atoms with Gasteiger partial charge in [0.1, 0.15) is 20.1 Å². The zero-order valence-electron chi connectivity index (χ0n) is 30.6. The fourth-order valence-corrected chi connectivity index (χ4v) is 13.4. The van der Waals surface area contributed by atoms with Crippen molar-refractivity contribution in [3.8, 4) is 11.5 Å². The number of rotatable bonds is 7. The van der Waals surface area contributed by atoms with Gasteiger partial charge in [-0.15, -0.1) is 10.9 Å². The summed E-state index contributed by atoms with van der Waals surface area (Å²) in [6.45, 7) is 0. The van der Waals surface area contributed by atoms with Crippen molar-refractivity contribution in [3.63, 3.8) is 0 Å². The molecule has 0 amide bonds. The van der Waals surface area contributed by atoms with Crippen molar-refractivity contribution in [1.82, 2.24) is 14.1 Å². The van der Waals surface area contributed by atoms with Gasteiger partial charge in [0.15, 0.2) is 0 Å². The normalized spacial score (nSPS) is 12.9. The van der Waals surface area contributed by atoms with E-state index < -0.39 is 8.07 Å². The summed E-state index contributed by atoms with van der Waals surface area (Å²) < 4.78 is 4.72. The molecule has 0 spiro atoms. The van der Waals surface area contributed by atoms with E-state index in [1.165, 1.54) is 21.1 Å². The van der Waals surface area contributed by atoms with E-state index >= 15 is 0 Å². The predicted molar refractivity (Wildman–Crippen MR) is 234 cm³/mol. The van der Waals surface area contributed by atoms with Crippen LogP contribution in [0.4, 0.5) is 0 Å². The molecule has 0 N–H and O–H groups in total. The summed E-state index contributed by atoms with van der Waals surface area (Å²) in [6.07, 6.45) is 5.13. The number of fused-ring (bicyclic) bond motifs is 7. The van der Waals surface area contributed by atoms with E-state index in [0.717, 1.165) is 60.3 Å². The summed E-state index contributed by atoms with van der Waals surface area (Å²) in [6, 6.07) is 71.2. The molecule has 11 rings (SSSR count). The van der Waals surface area contributed by atoms with Gasteiger partial charge < -0.3 is 9.13 Å².